The number of para-hydroxylation sites is 1. The highest BCUT2D eigenvalue weighted by atomic mass is 32.1. The fraction of sp³-hybridized carbons (Fsp3) is 0.483. The Labute approximate surface area is 221 Å². The van der Waals surface area contributed by atoms with Gasteiger partial charge in [-0.05, 0) is 77.2 Å². The lowest BCUT2D eigenvalue weighted by molar-refractivity contribution is 0.215. The number of aliphatic imine (C=N–C) groups is 2. The van der Waals surface area contributed by atoms with Crippen molar-refractivity contribution < 1.29 is 5.11 Å². The Hall–Kier alpha value is -2.77. The average molecular weight is 510 g/mol. The summed E-state index contributed by atoms with van der Waals surface area (Å²) in [5, 5.41) is 17.6. The number of nitrogens with one attached hydrogen (secondary N) is 2. The average Bonchev–Trinajstić information content (AvgIpc) is 3.26. The van der Waals surface area contributed by atoms with Gasteiger partial charge in [-0.25, -0.2) is 9.98 Å². The maximum Gasteiger partial charge on any atom is 0.228 e. The first-order chi connectivity index (χ1) is 17.2. The number of aliphatic hydroxyl groups excluding tert-OH is 1. The van der Waals surface area contributed by atoms with E-state index in [0.29, 0.717) is 12.4 Å². The molecule has 2 aromatic rings. The molecule has 0 spiro atoms. The molecule has 0 aliphatic rings. The van der Waals surface area contributed by atoms with Crippen molar-refractivity contribution in [2.75, 3.05) is 13.2 Å². The molecule has 0 aliphatic heterocycles. The number of aromatic nitrogens is 1. The SMILES string of the molecule is CC/C(C)=C/C=C(\C)N/C(N=C(C)C)=N/C(NCCC(CC)CO)=C(\C)Cc1nc2ccccc2s1. The van der Waals surface area contributed by atoms with Crippen LogP contribution in [0, 0.1) is 5.92 Å². The standard InChI is InChI=1S/C29H43N5OS/c1-8-21(5)14-15-23(7)32-29(31-20(3)4)34-28(30-17-16-24(9-2)19-35)22(6)18-27-33-25-12-10-11-13-26(25)36-27/h10-15,24,30,35H,8-9,16-19H2,1-7H3,(H,32,34)/b21-14+,23-15+,28-22+. The quantitative estimate of drug-likeness (QED) is 0.168. The number of rotatable bonds is 12. The topological polar surface area (TPSA) is 81.9 Å². The molecule has 0 radical (unpaired) electrons. The first-order valence-electron chi connectivity index (χ1n) is 12.9. The lowest BCUT2D eigenvalue weighted by Gasteiger charge is -2.16. The van der Waals surface area contributed by atoms with Crippen molar-refractivity contribution in [1.82, 2.24) is 15.6 Å². The number of aliphatic hydroxyl groups is 1. The highest BCUT2D eigenvalue weighted by Gasteiger charge is 2.11. The number of fused-ring (bicyclic) bond motifs is 1. The highest BCUT2D eigenvalue weighted by molar-refractivity contribution is 7.18. The third-order valence-corrected chi connectivity index (χ3v) is 6.91. The largest absolute Gasteiger partial charge is 0.396 e. The Bertz CT molecular complexity index is 1100. The van der Waals surface area contributed by atoms with E-state index in [2.05, 4.69) is 67.6 Å². The molecule has 3 N–H and O–H groups in total. The van der Waals surface area contributed by atoms with Crippen LogP contribution in [0.3, 0.4) is 0 Å². The van der Waals surface area contributed by atoms with Gasteiger partial charge in [0.1, 0.15) is 5.82 Å². The molecule has 1 atom stereocenters. The molecule has 7 heteroatoms. The molecule has 0 fully saturated rings. The van der Waals surface area contributed by atoms with Crippen LogP contribution in [-0.2, 0) is 6.42 Å². The first-order valence-corrected chi connectivity index (χ1v) is 13.7. The zero-order valence-corrected chi connectivity index (χ0v) is 23.8. The van der Waals surface area contributed by atoms with Gasteiger partial charge in [-0.2, -0.15) is 4.99 Å². The van der Waals surface area contributed by atoms with Crippen LogP contribution in [0.1, 0.15) is 72.7 Å². The minimum absolute atomic E-state index is 0.200. The van der Waals surface area contributed by atoms with Gasteiger partial charge in [0.2, 0.25) is 5.96 Å². The van der Waals surface area contributed by atoms with Crippen molar-refractivity contribution in [2.45, 2.75) is 74.1 Å². The van der Waals surface area contributed by atoms with Gasteiger partial charge in [0.25, 0.3) is 0 Å². The van der Waals surface area contributed by atoms with Crippen molar-refractivity contribution in [3.8, 4) is 0 Å². The van der Waals surface area contributed by atoms with Gasteiger partial charge in [0.15, 0.2) is 0 Å². The summed E-state index contributed by atoms with van der Waals surface area (Å²) >= 11 is 1.72. The maximum atomic E-state index is 9.60. The van der Waals surface area contributed by atoms with Crippen LogP contribution in [0.4, 0.5) is 0 Å². The maximum absolute atomic E-state index is 9.60. The van der Waals surface area contributed by atoms with E-state index in [1.165, 1.54) is 10.3 Å². The number of allylic oxidation sites excluding steroid dienone is 5. The van der Waals surface area contributed by atoms with Crippen molar-refractivity contribution in [2.24, 2.45) is 15.9 Å². The monoisotopic (exact) mass is 509 g/mol. The molecular formula is C29H43N5OS. The van der Waals surface area contributed by atoms with Crippen LogP contribution in [-0.4, -0.2) is 34.9 Å². The molecule has 0 saturated carbocycles. The summed E-state index contributed by atoms with van der Waals surface area (Å²) in [6.45, 7) is 15.4. The van der Waals surface area contributed by atoms with Gasteiger partial charge in [0.05, 0.1) is 15.2 Å². The van der Waals surface area contributed by atoms with Crippen LogP contribution in [0.25, 0.3) is 10.2 Å². The summed E-state index contributed by atoms with van der Waals surface area (Å²) in [5.41, 5.74) is 5.33. The van der Waals surface area contributed by atoms with E-state index in [0.717, 1.165) is 59.1 Å². The van der Waals surface area contributed by atoms with Crippen LogP contribution in [0.2, 0.25) is 0 Å². The summed E-state index contributed by atoms with van der Waals surface area (Å²) in [6, 6.07) is 8.23. The van der Waals surface area contributed by atoms with Crippen LogP contribution in [0.5, 0.6) is 0 Å². The lowest BCUT2D eigenvalue weighted by Crippen LogP contribution is -2.25. The Kier molecular flexibility index (Phi) is 12.6. The van der Waals surface area contributed by atoms with E-state index >= 15 is 0 Å². The molecule has 1 aromatic heterocycles. The van der Waals surface area contributed by atoms with Gasteiger partial charge < -0.3 is 15.7 Å². The number of hydrogen-bond acceptors (Lipinski definition) is 5. The molecule has 1 heterocycles. The minimum Gasteiger partial charge on any atom is -0.396 e. The molecule has 0 bridgehead atoms. The Morgan fingerprint density at radius 3 is 2.47 bits per heavy atom. The summed E-state index contributed by atoms with van der Waals surface area (Å²) in [7, 11) is 0. The number of nitrogens with zero attached hydrogens (tertiary/aromatic N) is 3. The minimum atomic E-state index is 0.200. The second kappa shape index (κ2) is 15.4. The second-order valence-corrected chi connectivity index (χ2v) is 10.5. The Balaban J connectivity index is 2.39. The smallest absolute Gasteiger partial charge is 0.228 e. The van der Waals surface area contributed by atoms with Gasteiger partial charge in [0, 0.05) is 31.0 Å². The molecular weight excluding hydrogens is 466 g/mol. The summed E-state index contributed by atoms with van der Waals surface area (Å²) in [4.78, 5) is 14.4. The second-order valence-electron chi connectivity index (χ2n) is 9.39. The lowest BCUT2D eigenvalue weighted by atomic mass is 10.0. The number of thiazole rings is 1. The van der Waals surface area contributed by atoms with Gasteiger partial charge >= 0.3 is 0 Å². The number of benzene rings is 1. The van der Waals surface area contributed by atoms with Crippen molar-refractivity contribution in [1.29, 1.82) is 0 Å². The van der Waals surface area contributed by atoms with Gasteiger partial charge in [-0.15, -0.1) is 11.3 Å². The Morgan fingerprint density at radius 1 is 1.08 bits per heavy atom. The predicted molar refractivity (Wildman–Crippen MR) is 157 cm³/mol. The first kappa shape index (κ1) is 29.5. The molecule has 0 amide bonds. The van der Waals surface area contributed by atoms with Crippen LogP contribution >= 0.6 is 11.3 Å². The third-order valence-electron chi connectivity index (χ3n) is 5.87. The van der Waals surface area contributed by atoms with Gasteiger partial charge in [-0.1, -0.05) is 44.1 Å². The molecule has 196 valence electrons. The molecule has 2 rings (SSSR count). The summed E-state index contributed by atoms with van der Waals surface area (Å²) < 4.78 is 1.19. The van der Waals surface area contributed by atoms with E-state index in [1.54, 1.807) is 11.3 Å². The zero-order valence-electron chi connectivity index (χ0n) is 23.0. The summed E-state index contributed by atoms with van der Waals surface area (Å²) in [6.07, 6.45) is 7.73. The molecule has 0 aliphatic carbocycles. The summed E-state index contributed by atoms with van der Waals surface area (Å²) in [5.74, 6) is 1.62. The Morgan fingerprint density at radius 2 is 1.83 bits per heavy atom. The normalized spacial score (nSPS) is 14.5. The third kappa shape index (κ3) is 10.1. The van der Waals surface area contributed by atoms with Crippen LogP contribution < -0.4 is 10.6 Å². The van der Waals surface area contributed by atoms with E-state index in [-0.39, 0.29) is 12.5 Å². The van der Waals surface area contributed by atoms with Crippen molar-refractivity contribution in [3.63, 3.8) is 0 Å². The van der Waals surface area contributed by atoms with E-state index < -0.39 is 0 Å². The number of guanidine groups is 1. The van der Waals surface area contributed by atoms with Gasteiger partial charge in [-0.3, -0.25) is 0 Å². The fourth-order valence-electron chi connectivity index (χ4n) is 3.41. The fourth-order valence-corrected chi connectivity index (χ4v) is 4.46. The molecule has 1 aromatic carbocycles. The van der Waals surface area contributed by atoms with E-state index in [4.69, 9.17) is 9.98 Å². The van der Waals surface area contributed by atoms with E-state index in [1.807, 2.05) is 32.9 Å². The van der Waals surface area contributed by atoms with E-state index in [9.17, 15) is 5.11 Å². The molecule has 6 nitrogen and oxygen atoms in total. The molecule has 1 unspecified atom stereocenters. The molecule has 36 heavy (non-hydrogen) atoms. The number of hydrogen-bond donors (Lipinski definition) is 3. The highest BCUT2D eigenvalue weighted by Crippen LogP contribution is 2.24. The zero-order chi connectivity index (χ0) is 26.5. The van der Waals surface area contributed by atoms with Crippen molar-refractivity contribution >= 4 is 33.2 Å². The van der Waals surface area contributed by atoms with Crippen LogP contribution in [0.15, 0.2) is 69.1 Å². The van der Waals surface area contributed by atoms with Crippen molar-refractivity contribution in [3.05, 3.63) is 64.1 Å². The molecule has 0 saturated heterocycles. The predicted octanol–water partition coefficient (Wildman–Crippen LogP) is 6.76.